The molecule has 0 aliphatic rings. The van der Waals surface area contributed by atoms with E-state index in [0.29, 0.717) is 18.0 Å². The molecule has 1 aromatic heterocycles. The second-order valence-electron chi connectivity index (χ2n) is 4.40. The molecule has 1 heterocycles. The van der Waals surface area contributed by atoms with Crippen LogP contribution in [0.5, 0.6) is 0 Å². The molecule has 0 radical (unpaired) electrons. The van der Waals surface area contributed by atoms with Gasteiger partial charge in [0.1, 0.15) is 0 Å². The van der Waals surface area contributed by atoms with Gasteiger partial charge in [0.15, 0.2) is 0 Å². The van der Waals surface area contributed by atoms with Gasteiger partial charge >= 0.3 is 0 Å². The third kappa shape index (κ3) is 4.57. The van der Waals surface area contributed by atoms with E-state index in [2.05, 4.69) is 48.3 Å². The van der Waals surface area contributed by atoms with Crippen molar-refractivity contribution in [1.82, 2.24) is 15.3 Å². The molecule has 0 saturated carbocycles. The Balaban J connectivity index is 2.45. The number of anilines is 1. The molecular weight excluding hydrogens is 200 g/mol. The minimum Gasteiger partial charge on any atom is -0.352 e. The molecule has 0 bridgehead atoms. The summed E-state index contributed by atoms with van der Waals surface area (Å²) in [5, 5.41) is 6.57. The average Bonchev–Trinajstić information content (AvgIpc) is 2.27. The molecule has 2 N–H and O–H groups in total. The van der Waals surface area contributed by atoms with Gasteiger partial charge in [0, 0.05) is 36.6 Å². The summed E-state index contributed by atoms with van der Waals surface area (Å²) in [6, 6.07) is 0.901. The van der Waals surface area contributed by atoms with Crippen molar-refractivity contribution in [1.29, 1.82) is 0 Å². The number of hydrogen-bond donors (Lipinski definition) is 2. The van der Waals surface area contributed by atoms with Crippen LogP contribution in [0.25, 0.3) is 0 Å². The van der Waals surface area contributed by atoms with Gasteiger partial charge in [-0.05, 0) is 27.2 Å². The molecule has 0 fully saturated rings. The molecule has 90 valence electrons. The second kappa shape index (κ2) is 6.43. The van der Waals surface area contributed by atoms with Crippen LogP contribution in [0.4, 0.5) is 5.95 Å². The zero-order valence-electron chi connectivity index (χ0n) is 10.6. The minimum absolute atomic E-state index is 0.365. The Morgan fingerprint density at radius 2 is 1.81 bits per heavy atom. The van der Waals surface area contributed by atoms with Crippen molar-refractivity contribution in [3.05, 3.63) is 18.0 Å². The standard InChI is InChI=1S/C12H22N4/c1-5-10(4)13-6-11-7-14-12(15-8-11)16-9(2)3/h7-10,13H,5-6H2,1-4H3,(H,14,15,16)/t10-/m1/s1. The monoisotopic (exact) mass is 222 g/mol. The van der Waals surface area contributed by atoms with Crippen molar-refractivity contribution in [3.8, 4) is 0 Å². The zero-order chi connectivity index (χ0) is 12.0. The average molecular weight is 222 g/mol. The van der Waals surface area contributed by atoms with Crippen LogP contribution < -0.4 is 10.6 Å². The van der Waals surface area contributed by atoms with Crippen molar-refractivity contribution < 1.29 is 0 Å². The van der Waals surface area contributed by atoms with Crippen molar-refractivity contribution in [3.63, 3.8) is 0 Å². The number of hydrogen-bond acceptors (Lipinski definition) is 4. The Labute approximate surface area is 97.9 Å². The highest BCUT2D eigenvalue weighted by Crippen LogP contribution is 2.02. The Hall–Kier alpha value is -1.16. The van der Waals surface area contributed by atoms with Gasteiger partial charge in [0.25, 0.3) is 0 Å². The maximum atomic E-state index is 4.26. The lowest BCUT2D eigenvalue weighted by Gasteiger charge is -2.11. The largest absolute Gasteiger partial charge is 0.352 e. The summed E-state index contributed by atoms with van der Waals surface area (Å²) in [5.41, 5.74) is 1.12. The van der Waals surface area contributed by atoms with Gasteiger partial charge in [0.2, 0.25) is 5.95 Å². The van der Waals surface area contributed by atoms with Crippen LogP contribution in [0.3, 0.4) is 0 Å². The smallest absolute Gasteiger partial charge is 0.222 e. The fourth-order valence-electron chi connectivity index (χ4n) is 1.22. The van der Waals surface area contributed by atoms with Crippen molar-refractivity contribution in [2.24, 2.45) is 0 Å². The highest BCUT2D eigenvalue weighted by molar-refractivity contribution is 5.25. The number of rotatable bonds is 6. The lowest BCUT2D eigenvalue weighted by atomic mass is 10.2. The quantitative estimate of drug-likeness (QED) is 0.774. The van der Waals surface area contributed by atoms with Gasteiger partial charge in [-0.15, -0.1) is 0 Å². The lowest BCUT2D eigenvalue weighted by molar-refractivity contribution is 0.533. The maximum absolute atomic E-state index is 4.26. The molecule has 0 spiro atoms. The summed E-state index contributed by atoms with van der Waals surface area (Å²) < 4.78 is 0. The van der Waals surface area contributed by atoms with Crippen molar-refractivity contribution >= 4 is 5.95 Å². The SMILES string of the molecule is CC[C@@H](C)NCc1cnc(NC(C)C)nc1. The summed E-state index contributed by atoms with van der Waals surface area (Å²) in [5.74, 6) is 0.697. The first-order chi connectivity index (χ1) is 7.61. The molecule has 0 aliphatic carbocycles. The molecule has 1 atom stereocenters. The van der Waals surface area contributed by atoms with Crippen molar-refractivity contribution in [2.45, 2.75) is 52.7 Å². The van der Waals surface area contributed by atoms with E-state index in [4.69, 9.17) is 0 Å². The highest BCUT2D eigenvalue weighted by Gasteiger charge is 2.01. The van der Waals surface area contributed by atoms with Gasteiger partial charge in [-0.1, -0.05) is 6.92 Å². The molecule has 16 heavy (non-hydrogen) atoms. The lowest BCUT2D eigenvalue weighted by Crippen LogP contribution is -2.24. The molecule has 1 aromatic rings. The number of nitrogens with zero attached hydrogens (tertiary/aromatic N) is 2. The van der Waals surface area contributed by atoms with Gasteiger partial charge < -0.3 is 10.6 Å². The molecule has 0 amide bonds. The summed E-state index contributed by atoms with van der Waals surface area (Å²) >= 11 is 0. The molecule has 0 unspecified atom stereocenters. The normalized spacial score (nSPS) is 12.8. The van der Waals surface area contributed by atoms with Gasteiger partial charge in [-0.3, -0.25) is 0 Å². The van der Waals surface area contributed by atoms with Crippen LogP contribution in [0.2, 0.25) is 0 Å². The van der Waals surface area contributed by atoms with E-state index >= 15 is 0 Å². The van der Waals surface area contributed by atoms with E-state index in [1.54, 1.807) is 0 Å². The Kier molecular flexibility index (Phi) is 5.19. The van der Waals surface area contributed by atoms with Crippen molar-refractivity contribution in [2.75, 3.05) is 5.32 Å². The molecule has 4 heteroatoms. The Morgan fingerprint density at radius 1 is 1.19 bits per heavy atom. The second-order valence-corrected chi connectivity index (χ2v) is 4.40. The predicted octanol–water partition coefficient (Wildman–Crippen LogP) is 2.18. The fourth-order valence-corrected chi connectivity index (χ4v) is 1.22. The van der Waals surface area contributed by atoms with E-state index in [9.17, 15) is 0 Å². The topological polar surface area (TPSA) is 49.8 Å². The predicted molar refractivity (Wildman–Crippen MR) is 67.4 cm³/mol. The van der Waals surface area contributed by atoms with Gasteiger partial charge in [-0.25, -0.2) is 9.97 Å². The minimum atomic E-state index is 0.365. The van der Waals surface area contributed by atoms with E-state index in [1.165, 1.54) is 0 Å². The van der Waals surface area contributed by atoms with E-state index in [1.807, 2.05) is 12.4 Å². The van der Waals surface area contributed by atoms with Crippen LogP contribution in [-0.2, 0) is 6.54 Å². The molecular formula is C12H22N4. The van der Waals surface area contributed by atoms with Gasteiger partial charge in [0.05, 0.1) is 0 Å². The third-order valence-electron chi connectivity index (χ3n) is 2.39. The molecule has 0 saturated heterocycles. The van der Waals surface area contributed by atoms with Crippen LogP contribution in [0.15, 0.2) is 12.4 Å². The van der Waals surface area contributed by atoms with Crippen LogP contribution in [0, 0.1) is 0 Å². The summed E-state index contributed by atoms with van der Waals surface area (Å²) in [7, 11) is 0. The van der Waals surface area contributed by atoms with E-state index in [-0.39, 0.29) is 0 Å². The molecule has 4 nitrogen and oxygen atoms in total. The molecule has 1 rings (SSSR count). The number of nitrogens with one attached hydrogen (secondary N) is 2. The van der Waals surface area contributed by atoms with Gasteiger partial charge in [-0.2, -0.15) is 0 Å². The Morgan fingerprint density at radius 3 is 2.31 bits per heavy atom. The summed E-state index contributed by atoms with van der Waals surface area (Å²) in [6.45, 7) is 9.32. The number of aromatic nitrogens is 2. The highest BCUT2D eigenvalue weighted by atomic mass is 15.1. The third-order valence-corrected chi connectivity index (χ3v) is 2.39. The molecule has 0 aliphatic heterocycles. The summed E-state index contributed by atoms with van der Waals surface area (Å²) in [4.78, 5) is 8.52. The van der Waals surface area contributed by atoms with Crippen LogP contribution in [0.1, 0.15) is 39.7 Å². The first-order valence-corrected chi connectivity index (χ1v) is 5.92. The van der Waals surface area contributed by atoms with E-state index < -0.39 is 0 Å². The zero-order valence-corrected chi connectivity index (χ0v) is 10.6. The van der Waals surface area contributed by atoms with Crippen LogP contribution in [-0.4, -0.2) is 22.1 Å². The Bertz CT molecular complexity index is 294. The molecule has 0 aromatic carbocycles. The fraction of sp³-hybridized carbons (Fsp3) is 0.667. The first-order valence-electron chi connectivity index (χ1n) is 5.92. The van der Waals surface area contributed by atoms with Crippen LogP contribution >= 0.6 is 0 Å². The maximum Gasteiger partial charge on any atom is 0.222 e. The first kappa shape index (κ1) is 12.9. The summed E-state index contributed by atoms with van der Waals surface area (Å²) in [6.07, 6.45) is 4.87. The van der Waals surface area contributed by atoms with E-state index in [0.717, 1.165) is 18.5 Å².